The maximum absolute atomic E-state index is 6.24. The fourth-order valence-corrected chi connectivity index (χ4v) is 3.82. The van der Waals surface area contributed by atoms with E-state index in [2.05, 4.69) is 68.4 Å². The minimum absolute atomic E-state index is 0.511. The maximum atomic E-state index is 6.24. The molecule has 0 fully saturated rings. The molecule has 1 atom stereocenters. The first-order valence-electron chi connectivity index (χ1n) is 7.50. The van der Waals surface area contributed by atoms with Crippen molar-refractivity contribution >= 4 is 28.9 Å². The average molecular weight is 330 g/mol. The molecule has 0 aromatic heterocycles. The van der Waals surface area contributed by atoms with Gasteiger partial charge in [0.05, 0.1) is 0 Å². The molecule has 0 saturated heterocycles. The Morgan fingerprint density at radius 2 is 1.82 bits per heavy atom. The van der Waals surface area contributed by atoms with E-state index >= 15 is 0 Å². The molecule has 2 aromatic rings. The summed E-state index contributed by atoms with van der Waals surface area (Å²) in [7, 11) is 4.25. The quantitative estimate of drug-likeness (QED) is 0.617. The highest BCUT2D eigenvalue weighted by molar-refractivity contribution is 7.99. The number of nitrogens with zero attached hydrogens (tertiary/aromatic N) is 1. The number of hydrogen-bond acceptors (Lipinski definition) is 2. The number of fused-ring (bicyclic) bond motifs is 2. The van der Waals surface area contributed by atoms with Gasteiger partial charge in [-0.25, -0.2) is 0 Å². The Kier molecular flexibility index (Phi) is 4.62. The van der Waals surface area contributed by atoms with Crippen molar-refractivity contribution in [2.45, 2.75) is 29.2 Å². The monoisotopic (exact) mass is 329 g/mol. The largest absolute Gasteiger partial charge is 0.306 e. The van der Waals surface area contributed by atoms with Crippen LogP contribution in [0.25, 0.3) is 5.57 Å². The van der Waals surface area contributed by atoms with Crippen molar-refractivity contribution in [1.29, 1.82) is 0 Å². The molecular weight excluding hydrogens is 310 g/mol. The molecule has 0 spiro atoms. The molecule has 0 radical (unpaired) electrons. The van der Waals surface area contributed by atoms with Crippen LogP contribution in [0.2, 0.25) is 5.02 Å². The van der Waals surface area contributed by atoms with Gasteiger partial charge in [0.25, 0.3) is 0 Å². The molecule has 1 heterocycles. The first-order valence-corrected chi connectivity index (χ1v) is 8.69. The lowest BCUT2D eigenvalue weighted by molar-refractivity contribution is 0.316. The minimum atomic E-state index is 0.511. The summed E-state index contributed by atoms with van der Waals surface area (Å²) in [6.07, 6.45) is 3.38. The van der Waals surface area contributed by atoms with Crippen molar-refractivity contribution < 1.29 is 0 Å². The molecule has 0 aliphatic carbocycles. The van der Waals surface area contributed by atoms with Gasteiger partial charge in [-0.1, -0.05) is 47.6 Å². The molecule has 22 heavy (non-hydrogen) atoms. The summed E-state index contributed by atoms with van der Waals surface area (Å²) in [6, 6.07) is 15.3. The number of rotatable bonds is 3. The zero-order valence-electron chi connectivity index (χ0n) is 13.1. The van der Waals surface area contributed by atoms with Crippen LogP contribution < -0.4 is 0 Å². The molecule has 1 unspecified atom stereocenters. The highest BCUT2D eigenvalue weighted by Gasteiger charge is 2.20. The second kappa shape index (κ2) is 6.49. The molecule has 1 aliphatic heterocycles. The molecule has 1 nitrogen and oxygen atoms in total. The van der Waals surface area contributed by atoms with Gasteiger partial charge in [-0.3, -0.25) is 0 Å². The molecule has 0 saturated carbocycles. The van der Waals surface area contributed by atoms with E-state index in [-0.39, 0.29) is 0 Å². The van der Waals surface area contributed by atoms with Gasteiger partial charge >= 0.3 is 0 Å². The van der Waals surface area contributed by atoms with Crippen molar-refractivity contribution in [3.8, 4) is 0 Å². The van der Waals surface area contributed by atoms with Crippen molar-refractivity contribution in [2.75, 3.05) is 14.1 Å². The van der Waals surface area contributed by atoms with Gasteiger partial charge in [0.1, 0.15) is 0 Å². The van der Waals surface area contributed by atoms with Crippen LogP contribution in [0.1, 0.15) is 24.5 Å². The Balaban J connectivity index is 2.07. The van der Waals surface area contributed by atoms with Crippen LogP contribution in [0.3, 0.4) is 0 Å². The lowest BCUT2D eigenvalue weighted by Gasteiger charge is -2.24. The van der Waals surface area contributed by atoms with Gasteiger partial charge in [0.15, 0.2) is 0 Å². The third-order valence-corrected chi connectivity index (χ3v) is 5.56. The zero-order chi connectivity index (χ0) is 15.7. The van der Waals surface area contributed by atoms with Crippen molar-refractivity contribution in [2.24, 2.45) is 0 Å². The molecule has 2 aromatic carbocycles. The molecule has 0 N–H and O–H groups in total. The van der Waals surface area contributed by atoms with E-state index < -0.39 is 0 Å². The van der Waals surface area contributed by atoms with E-state index in [9.17, 15) is 0 Å². The highest BCUT2D eigenvalue weighted by Crippen LogP contribution is 2.46. The average Bonchev–Trinajstić information content (AvgIpc) is 2.51. The minimum Gasteiger partial charge on any atom is -0.306 e. The maximum Gasteiger partial charge on any atom is 0.0412 e. The van der Waals surface area contributed by atoms with Crippen LogP contribution in [-0.4, -0.2) is 25.0 Å². The second-order valence-electron chi connectivity index (χ2n) is 5.90. The molecule has 1 aliphatic rings. The first-order chi connectivity index (χ1) is 10.6. The van der Waals surface area contributed by atoms with E-state index in [0.29, 0.717) is 6.04 Å². The van der Waals surface area contributed by atoms with Crippen molar-refractivity contribution in [3.05, 3.63) is 64.7 Å². The van der Waals surface area contributed by atoms with E-state index in [4.69, 9.17) is 11.6 Å². The zero-order valence-corrected chi connectivity index (χ0v) is 14.7. The molecule has 3 rings (SSSR count). The van der Waals surface area contributed by atoms with Crippen LogP contribution in [0, 0.1) is 0 Å². The summed E-state index contributed by atoms with van der Waals surface area (Å²) in [6.45, 7) is 2.25. The van der Waals surface area contributed by atoms with Gasteiger partial charge in [-0.05, 0) is 68.4 Å². The van der Waals surface area contributed by atoms with Gasteiger partial charge in [0, 0.05) is 20.9 Å². The molecule has 3 heteroatoms. The third-order valence-electron chi connectivity index (χ3n) is 4.17. The summed E-state index contributed by atoms with van der Waals surface area (Å²) in [5.41, 5.74) is 3.87. The first kappa shape index (κ1) is 15.7. The van der Waals surface area contributed by atoms with Crippen LogP contribution in [0.5, 0.6) is 0 Å². The summed E-state index contributed by atoms with van der Waals surface area (Å²) in [5.74, 6) is 0. The predicted octanol–water partition coefficient (Wildman–Crippen LogP) is 5.58. The topological polar surface area (TPSA) is 3.24 Å². The Morgan fingerprint density at radius 1 is 1.09 bits per heavy atom. The van der Waals surface area contributed by atoms with Gasteiger partial charge in [-0.15, -0.1) is 0 Å². The fraction of sp³-hybridized carbons (Fsp3) is 0.263. The Hall–Kier alpha value is -1.22. The smallest absolute Gasteiger partial charge is 0.0412 e. The summed E-state index contributed by atoms with van der Waals surface area (Å²) < 4.78 is 0. The Bertz CT molecular complexity index is 721. The van der Waals surface area contributed by atoms with E-state index in [1.54, 1.807) is 0 Å². The van der Waals surface area contributed by atoms with E-state index in [1.807, 2.05) is 17.8 Å². The Morgan fingerprint density at radius 3 is 2.59 bits per heavy atom. The molecule has 114 valence electrons. The van der Waals surface area contributed by atoms with Gasteiger partial charge < -0.3 is 4.90 Å². The molecule has 0 bridgehead atoms. The lowest BCUT2D eigenvalue weighted by Crippen LogP contribution is -2.23. The summed E-state index contributed by atoms with van der Waals surface area (Å²) in [4.78, 5) is 4.85. The van der Waals surface area contributed by atoms with Crippen molar-refractivity contribution in [1.82, 2.24) is 4.90 Å². The third kappa shape index (κ3) is 3.10. The number of hydrogen-bond donors (Lipinski definition) is 0. The lowest BCUT2D eigenvalue weighted by atomic mass is 9.95. The summed E-state index contributed by atoms with van der Waals surface area (Å²) >= 11 is 8.06. The SMILES string of the molecule is CC(C/C=C1\c2ccccc2Sc2ccc(Cl)cc21)N(C)C. The number of halogens is 1. The van der Waals surface area contributed by atoms with E-state index in [0.717, 1.165) is 11.4 Å². The Labute approximate surface area is 142 Å². The molecular formula is C19H20ClNS. The van der Waals surface area contributed by atoms with Crippen molar-refractivity contribution in [3.63, 3.8) is 0 Å². The van der Waals surface area contributed by atoms with Crippen LogP contribution in [0.4, 0.5) is 0 Å². The normalized spacial score (nSPS) is 16.5. The van der Waals surface area contributed by atoms with Crippen LogP contribution >= 0.6 is 23.4 Å². The number of benzene rings is 2. The van der Waals surface area contributed by atoms with Gasteiger partial charge in [-0.2, -0.15) is 0 Å². The second-order valence-corrected chi connectivity index (χ2v) is 7.43. The van der Waals surface area contributed by atoms with E-state index in [1.165, 1.54) is 26.5 Å². The summed E-state index contributed by atoms with van der Waals surface area (Å²) in [5, 5.41) is 0.797. The highest BCUT2D eigenvalue weighted by atomic mass is 35.5. The molecule has 0 amide bonds. The fourth-order valence-electron chi connectivity index (χ4n) is 2.56. The van der Waals surface area contributed by atoms with Crippen LogP contribution in [0.15, 0.2) is 58.3 Å². The standard InChI is InChI=1S/C19H20ClNS/c1-13(21(2)3)8-10-15-16-6-4-5-7-18(16)22-19-11-9-14(20)12-17(15)19/h4-7,9-13H,8H2,1-3H3/b15-10+. The van der Waals surface area contributed by atoms with Crippen LogP contribution in [-0.2, 0) is 0 Å². The van der Waals surface area contributed by atoms with Gasteiger partial charge in [0.2, 0.25) is 0 Å². The predicted molar refractivity (Wildman–Crippen MR) is 96.9 cm³/mol.